The fourth-order valence-corrected chi connectivity index (χ4v) is 4.46. The van der Waals surface area contributed by atoms with Crippen molar-refractivity contribution in [2.24, 2.45) is 5.10 Å². The van der Waals surface area contributed by atoms with Gasteiger partial charge in [-0.25, -0.2) is 4.98 Å². The molecule has 0 aliphatic rings. The third-order valence-corrected chi connectivity index (χ3v) is 6.38. The molecule has 0 fully saturated rings. The molecule has 6 heteroatoms. The molecule has 31 heavy (non-hydrogen) atoms. The van der Waals surface area contributed by atoms with Crippen LogP contribution in [0.2, 0.25) is 0 Å². The molecule has 0 aliphatic heterocycles. The third kappa shape index (κ3) is 3.74. The molecule has 1 atom stereocenters. The molecule has 0 radical (unpaired) electrons. The van der Waals surface area contributed by atoms with Gasteiger partial charge in [-0.3, -0.25) is 4.79 Å². The molecule has 0 N–H and O–H groups in total. The van der Waals surface area contributed by atoms with Gasteiger partial charge in [0, 0.05) is 38.6 Å². The summed E-state index contributed by atoms with van der Waals surface area (Å²) < 4.78 is 4.66. The predicted octanol–water partition coefficient (Wildman–Crippen LogP) is 6.40. The molecule has 0 unspecified atom stereocenters. The highest BCUT2D eigenvalue weighted by molar-refractivity contribution is 9.10. The summed E-state index contributed by atoms with van der Waals surface area (Å²) in [6, 6.07) is 14.3. The van der Waals surface area contributed by atoms with Gasteiger partial charge < -0.3 is 4.57 Å². The molecule has 5 nitrogen and oxygen atoms in total. The van der Waals surface area contributed by atoms with Crippen LogP contribution in [0.15, 0.2) is 56.8 Å². The van der Waals surface area contributed by atoms with E-state index in [2.05, 4.69) is 64.6 Å². The number of hydrogen-bond donors (Lipinski definition) is 0. The quantitative estimate of drug-likeness (QED) is 0.311. The van der Waals surface area contributed by atoms with Crippen LogP contribution in [-0.4, -0.2) is 20.4 Å². The Morgan fingerprint density at radius 3 is 2.58 bits per heavy atom. The smallest absolute Gasteiger partial charge is 0.282 e. The van der Waals surface area contributed by atoms with Crippen LogP contribution in [0, 0.1) is 6.92 Å². The molecule has 160 valence electrons. The molecule has 2 aromatic heterocycles. The lowest BCUT2D eigenvalue weighted by Crippen LogP contribution is -2.23. The monoisotopic (exact) mass is 478 g/mol. The summed E-state index contributed by atoms with van der Waals surface area (Å²) in [5, 5.41) is 6.36. The van der Waals surface area contributed by atoms with Crippen LogP contribution in [0.4, 0.5) is 0 Å². The Morgan fingerprint density at radius 1 is 1.13 bits per heavy atom. The van der Waals surface area contributed by atoms with E-state index < -0.39 is 0 Å². The summed E-state index contributed by atoms with van der Waals surface area (Å²) in [5.41, 5.74) is 3.90. The van der Waals surface area contributed by atoms with E-state index in [4.69, 9.17) is 4.98 Å². The van der Waals surface area contributed by atoms with Crippen molar-refractivity contribution in [2.75, 3.05) is 0 Å². The lowest BCUT2D eigenvalue weighted by Gasteiger charge is -2.15. The van der Waals surface area contributed by atoms with E-state index in [1.165, 1.54) is 10.2 Å². The van der Waals surface area contributed by atoms with Gasteiger partial charge in [0.2, 0.25) is 0 Å². The first kappa shape index (κ1) is 21.5. The Bertz CT molecular complexity index is 1360. The number of aromatic nitrogens is 3. The number of nitrogens with zero attached hydrogens (tertiary/aromatic N) is 4. The molecule has 0 spiro atoms. The first-order chi connectivity index (χ1) is 14.8. The second-order valence-corrected chi connectivity index (χ2v) is 9.21. The summed E-state index contributed by atoms with van der Waals surface area (Å²) in [7, 11) is 0. The van der Waals surface area contributed by atoms with Crippen LogP contribution in [0.25, 0.3) is 21.8 Å². The maximum absolute atomic E-state index is 13.3. The zero-order chi connectivity index (χ0) is 22.3. The van der Waals surface area contributed by atoms with Gasteiger partial charge in [0.25, 0.3) is 5.56 Å². The number of rotatable bonds is 5. The minimum atomic E-state index is -0.158. The first-order valence-electron chi connectivity index (χ1n) is 10.7. The Hall–Kier alpha value is -2.73. The van der Waals surface area contributed by atoms with Gasteiger partial charge in [-0.2, -0.15) is 9.78 Å². The van der Waals surface area contributed by atoms with E-state index in [9.17, 15) is 4.79 Å². The number of fused-ring (bicyclic) bond motifs is 2. The fourth-order valence-electron chi connectivity index (χ4n) is 4.10. The van der Waals surface area contributed by atoms with E-state index in [0.29, 0.717) is 22.8 Å². The molecular weight excluding hydrogens is 452 g/mol. The van der Waals surface area contributed by atoms with Crippen LogP contribution < -0.4 is 5.56 Å². The zero-order valence-electron chi connectivity index (χ0n) is 18.6. The molecule has 0 saturated heterocycles. The van der Waals surface area contributed by atoms with Gasteiger partial charge in [-0.15, -0.1) is 0 Å². The summed E-state index contributed by atoms with van der Waals surface area (Å²) >= 11 is 3.46. The summed E-state index contributed by atoms with van der Waals surface area (Å²) in [6.07, 6.45) is 2.85. The van der Waals surface area contributed by atoms with Crippen LogP contribution in [0.1, 0.15) is 63.2 Å². The zero-order valence-corrected chi connectivity index (χ0v) is 20.1. The molecule has 0 saturated carbocycles. The van der Waals surface area contributed by atoms with Crippen molar-refractivity contribution >= 4 is 44.0 Å². The number of halogens is 1. The maximum atomic E-state index is 13.3. The van der Waals surface area contributed by atoms with Gasteiger partial charge in [0.15, 0.2) is 0 Å². The summed E-state index contributed by atoms with van der Waals surface area (Å²) in [6.45, 7) is 10.6. The highest BCUT2D eigenvalue weighted by Crippen LogP contribution is 2.29. The maximum Gasteiger partial charge on any atom is 0.282 e. The van der Waals surface area contributed by atoms with Gasteiger partial charge in [0.1, 0.15) is 5.82 Å². The molecule has 2 aromatic carbocycles. The van der Waals surface area contributed by atoms with Crippen LogP contribution >= 0.6 is 15.9 Å². The highest BCUT2D eigenvalue weighted by atomic mass is 79.9. The molecule has 0 aliphatic carbocycles. The lowest BCUT2D eigenvalue weighted by atomic mass is 10.1. The second-order valence-electron chi connectivity index (χ2n) is 8.29. The van der Waals surface area contributed by atoms with E-state index in [1.54, 1.807) is 6.07 Å². The molecule has 4 aromatic rings. The number of benzene rings is 2. The van der Waals surface area contributed by atoms with Crippen molar-refractivity contribution in [1.82, 2.24) is 14.2 Å². The van der Waals surface area contributed by atoms with Crippen molar-refractivity contribution in [3.05, 3.63) is 74.4 Å². The highest BCUT2D eigenvalue weighted by Gasteiger charge is 2.17. The lowest BCUT2D eigenvalue weighted by molar-refractivity contribution is 0.537. The number of hydrogen-bond acceptors (Lipinski definition) is 3. The molecule has 0 amide bonds. The van der Waals surface area contributed by atoms with Gasteiger partial charge in [-0.1, -0.05) is 54.9 Å². The Labute approximate surface area is 190 Å². The topological polar surface area (TPSA) is 52.2 Å². The fraction of sp³-hybridized carbons (Fsp3) is 0.320. The van der Waals surface area contributed by atoms with Crippen molar-refractivity contribution in [1.29, 1.82) is 0 Å². The van der Waals surface area contributed by atoms with Crippen LogP contribution in [0.3, 0.4) is 0 Å². The van der Waals surface area contributed by atoms with E-state index in [1.807, 2.05) is 38.3 Å². The first-order valence-corrected chi connectivity index (χ1v) is 11.5. The largest absolute Gasteiger partial charge is 0.341 e. The standard InChI is InChI=1S/C25H27BrN4O/c1-6-16(4)29-17(5)21(19-9-7-8-10-23(19)29)14-27-30-24(15(2)3)28-22-12-11-18(26)13-20(22)25(30)31/h7-16H,6H2,1-5H3/t16-/m0/s1. The average molecular weight is 479 g/mol. The minimum absolute atomic E-state index is 0.0560. The van der Waals surface area contributed by atoms with Gasteiger partial charge in [-0.05, 0) is 44.5 Å². The Balaban J connectivity index is 1.95. The second kappa shape index (κ2) is 8.42. The van der Waals surface area contributed by atoms with Gasteiger partial charge in [0.05, 0.1) is 17.1 Å². The predicted molar refractivity (Wildman–Crippen MR) is 132 cm³/mol. The van der Waals surface area contributed by atoms with Crippen molar-refractivity contribution in [2.45, 2.75) is 53.0 Å². The Kier molecular flexibility index (Phi) is 5.84. The Morgan fingerprint density at radius 2 is 1.87 bits per heavy atom. The normalized spacial score (nSPS) is 13.1. The van der Waals surface area contributed by atoms with Crippen molar-refractivity contribution in [3.8, 4) is 0 Å². The molecule has 2 heterocycles. The van der Waals surface area contributed by atoms with Gasteiger partial charge >= 0.3 is 0 Å². The van der Waals surface area contributed by atoms with Crippen molar-refractivity contribution in [3.63, 3.8) is 0 Å². The molecule has 0 bridgehead atoms. The van der Waals surface area contributed by atoms with Crippen LogP contribution in [0.5, 0.6) is 0 Å². The molecule has 4 rings (SSSR count). The summed E-state index contributed by atoms with van der Waals surface area (Å²) in [4.78, 5) is 18.1. The minimum Gasteiger partial charge on any atom is -0.341 e. The van der Waals surface area contributed by atoms with Crippen molar-refractivity contribution < 1.29 is 0 Å². The molecular formula is C25H27BrN4O. The van der Waals surface area contributed by atoms with E-state index in [-0.39, 0.29) is 11.5 Å². The SMILES string of the molecule is CC[C@H](C)n1c(C)c(C=Nn2c(C(C)C)nc3ccc(Br)cc3c2=O)c2ccccc21. The average Bonchev–Trinajstić information content (AvgIpc) is 3.04. The third-order valence-electron chi connectivity index (χ3n) is 5.89. The van der Waals surface area contributed by atoms with E-state index in [0.717, 1.165) is 27.5 Å². The number of para-hydroxylation sites is 1. The van der Waals surface area contributed by atoms with Crippen LogP contribution in [-0.2, 0) is 0 Å². The summed E-state index contributed by atoms with van der Waals surface area (Å²) in [5.74, 6) is 0.708. The van der Waals surface area contributed by atoms with E-state index >= 15 is 0 Å².